The predicted octanol–water partition coefficient (Wildman–Crippen LogP) is 12.4. The first kappa shape index (κ1) is 30.7. The Morgan fingerprint density at radius 3 is 1.49 bits per heavy atom. The van der Waals surface area contributed by atoms with Gasteiger partial charge in [-0.25, -0.2) is 0 Å². The molecule has 0 unspecified atom stereocenters. The first-order valence-electron chi connectivity index (χ1n) is 18.3. The topological polar surface area (TPSA) is 62.4 Å². The highest BCUT2D eigenvalue weighted by molar-refractivity contribution is 6.17. The number of hydrogen-bond acceptors (Lipinski definition) is 2. The summed E-state index contributed by atoms with van der Waals surface area (Å²) in [7, 11) is 0. The Balaban J connectivity index is 1.10. The maximum atomic E-state index is 10.8. The van der Waals surface area contributed by atoms with E-state index in [1.807, 2.05) is 30.3 Å². The number of rotatable bonds is 4. The minimum Gasteiger partial charge on any atom is -0.309 e. The van der Waals surface area contributed by atoms with Gasteiger partial charge in [-0.05, 0) is 83.9 Å². The maximum Gasteiger partial charge on any atom is 0.101 e. The molecule has 0 N–H and O–H groups in total. The van der Waals surface area contributed by atoms with Gasteiger partial charge >= 0.3 is 0 Å². The van der Waals surface area contributed by atoms with E-state index in [0.717, 1.165) is 82.8 Å². The molecule has 3 aromatic heterocycles. The minimum atomic E-state index is 0.586. The summed E-state index contributed by atoms with van der Waals surface area (Å²) >= 11 is 0. The van der Waals surface area contributed by atoms with Gasteiger partial charge in [-0.3, -0.25) is 0 Å². The first-order chi connectivity index (χ1) is 27.2. The molecular formula is C50H29N5. The Morgan fingerprint density at radius 2 is 0.818 bits per heavy atom. The first-order valence-corrected chi connectivity index (χ1v) is 18.3. The molecule has 0 radical (unpaired) electrons. The van der Waals surface area contributed by atoms with Crippen molar-refractivity contribution < 1.29 is 0 Å². The zero-order valence-electron chi connectivity index (χ0n) is 29.5. The van der Waals surface area contributed by atoms with Crippen molar-refractivity contribution in [3.63, 3.8) is 0 Å². The van der Waals surface area contributed by atoms with Crippen LogP contribution in [0.1, 0.15) is 11.1 Å². The van der Waals surface area contributed by atoms with Gasteiger partial charge in [0, 0.05) is 38.0 Å². The van der Waals surface area contributed by atoms with Crippen LogP contribution in [0.15, 0.2) is 176 Å². The number of nitrogens with zero attached hydrogens (tertiary/aromatic N) is 5. The van der Waals surface area contributed by atoms with E-state index in [1.54, 1.807) is 0 Å². The van der Waals surface area contributed by atoms with Crippen molar-refractivity contribution >= 4 is 65.4 Å². The second-order valence-electron chi connectivity index (χ2n) is 14.0. The SMILES string of the molecule is N#Cc1cc(-c2cccc(-n3c4ccccc4c4c(C#N)cccc43)c2)ccc1-n1c2ccccc2c2c(-n3c4ccccc4c4ccccc43)cccc21. The molecule has 0 aliphatic heterocycles. The summed E-state index contributed by atoms with van der Waals surface area (Å²) in [5.41, 5.74) is 12.5. The highest BCUT2D eigenvalue weighted by Gasteiger charge is 2.21. The maximum absolute atomic E-state index is 10.8. The molecule has 254 valence electrons. The van der Waals surface area contributed by atoms with E-state index < -0.39 is 0 Å². The smallest absolute Gasteiger partial charge is 0.101 e. The van der Waals surface area contributed by atoms with Crippen molar-refractivity contribution in [1.29, 1.82) is 10.5 Å². The lowest BCUT2D eigenvalue weighted by molar-refractivity contribution is 1.16. The average molecular weight is 700 g/mol. The summed E-state index contributed by atoms with van der Waals surface area (Å²) in [6.45, 7) is 0. The summed E-state index contributed by atoms with van der Waals surface area (Å²) in [6, 6.07) is 65.9. The van der Waals surface area contributed by atoms with Gasteiger partial charge in [-0.2, -0.15) is 10.5 Å². The zero-order chi connectivity index (χ0) is 36.6. The van der Waals surface area contributed by atoms with Gasteiger partial charge < -0.3 is 13.7 Å². The van der Waals surface area contributed by atoms with E-state index >= 15 is 0 Å². The van der Waals surface area contributed by atoms with Crippen molar-refractivity contribution in [2.24, 2.45) is 0 Å². The molecule has 0 bridgehead atoms. The van der Waals surface area contributed by atoms with Crippen LogP contribution in [0.25, 0.3) is 93.6 Å². The number of aromatic nitrogens is 3. The fourth-order valence-corrected chi connectivity index (χ4v) is 8.84. The van der Waals surface area contributed by atoms with Gasteiger partial charge in [0.1, 0.15) is 6.07 Å². The largest absolute Gasteiger partial charge is 0.309 e. The van der Waals surface area contributed by atoms with E-state index in [2.05, 4.69) is 171 Å². The van der Waals surface area contributed by atoms with Crippen molar-refractivity contribution in [3.8, 4) is 40.3 Å². The van der Waals surface area contributed by atoms with Gasteiger partial charge in [-0.1, -0.05) is 103 Å². The van der Waals surface area contributed by atoms with Crippen LogP contribution in [0.5, 0.6) is 0 Å². The molecule has 0 fully saturated rings. The van der Waals surface area contributed by atoms with Crippen LogP contribution in [0, 0.1) is 22.7 Å². The molecule has 0 aliphatic rings. The van der Waals surface area contributed by atoms with Crippen LogP contribution >= 0.6 is 0 Å². The minimum absolute atomic E-state index is 0.586. The van der Waals surface area contributed by atoms with Crippen LogP contribution in [-0.2, 0) is 0 Å². The quantitative estimate of drug-likeness (QED) is 0.184. The molecular weight excluding hydrogens is 671 g/mol. The molecule has 5 heteroatoms. The Kier molecular flexibility index (Phi) is 6.61. The Bertz CT molecular complexity index is 3420. The third-order valence-electron chi connectivity index (χ3n) is 11.1. The summed E-state index contributed by atoms with van der Waals surface area (Å²) < 4.78 is 6.84. The molecule has 0 atom stereocenters. The highest BCUT2D eigenvalue weighted by Crippen LogP contribution is 2.41. The van der Waals surface area contributed by atoms with E-state index in [1.165, 1.54) is 10.8 Å². The molecule has 8 aromatic carbocycles. The molecule has 11 rings (SSSR count). The Labute approximate surface area is 316 Å². The Hall–Kier alpha value is -7.86. The molecule has 0 saturated heterocycles. The number of para-hydroxylation sites is 4. The third-order valence-corrected chi connectivity index (χ3v) is 11.1. The van der Waals surface area contributed by atoms with E-state index in [4.69, 9.17) is 0 Å². The molecule has 0 amide bonds. The molecule has 3 heterocycles. The van der Waals surface area contributed by atoms with Crippen molar-refractivity contribution in [2.45, 2.75) is 0 Å². The summed E-state index contributed by atoms with van der Waals surface area (Å²) in [5, 5.41) is 27.4. The van der Waals surface area contributed by atoms with Crippen LogP contribution in [0.3, 0.4) is 0 Å². The van der Waals surface area contributed by atoms with Crippen LogP contribution in [0.2, 0.25) is 0 Å². The van der Waals surface area contributed by atoms with E-state index in [-0.39, 0.29) is 0 Å². The fraction of sp³-hybridized carbons (Fsp3) is 0. The van der Waals surface area contributed by atoms with Crippen LogP contribution in [-0.4, -0.2) is 13.7 Å². The van der Waals surface area contributed by atoms with Crippen LogP contribution in [0.4, 0.5) is 0 Å². The summed E-state index contributed by atoms with van der Waals surface area (Å²) in [6.07, 6.45) is 0. The van der Waals surface area contributed by atoms with Crippen LogP contribution < -0.4 is 0 Å². The highest BCUT2D eigenvalue weighted by atomic mass is 15.0. The average Bonchev–Trinajstić information content (AvgIpc) is 3.89. The second kappa shape index (κ2) is 11.8. The van der Waals surface area contributed by atoms with Crippen molar-refractivity contribution in [1.82, 2.24) is 13.7 Å². The molecule has 0 spiro atoms. The lowest BCUT2D eigenvalue weighted by Gasteiger charge is -2.14. The van der Waals surface area contributed by atoms with Gasteiger partial charge in [-0.15, -0.1) is 0 Å². The summed E-state index contributed by atoms with van der Waals surface area (Å²) in [5.74, 6) is 0. The van der Waals surface area contributed by atoms with Gasteiger partial charge in [0.15, 0.2) is 0 Å². The van der Waals surface area contributed by atoms with E-state index in [0.29, 0.717) is 11.1 Å². The third kappa shape index (κ3) is 4.39. The monoisotopic (exact) mass is 699 g/mol. The Morgan fingerprint density at radius 1 is 0.327 bits per heavy atom. The van der Waals surface area contributed by atoms with E-state index in [9.17, 15) is 10.5 Å². The predicted molar refractivity (Wildman–Crippen MR) is 224 cm³/mol. The fourth-order valence-electron chi connectivity index (χ4n) is 8.84. The van der Waals surface area contributed by atoms with Gasteiger partial charge in [0.05, 0.1) is 61.7 Å². The molecule has 11 aromatic rings. The summed E-state index contributed by atoms with van der Waals surface area (Å²) in [4.78, 5) is 0. The number of benzene rings is 8. The number of fused-ring (bicyclic) bond motifs is 9. The molecule has 5 nitrogen and oxygen atoms in total. The normalized spacial score (nSPS) is 11.6. The molecule has 0 saturated carbocycles. The van der Waals surface area contributed by atoms with Crippen molar-refractivity contribution in [3.05, 3.63) is 187 Å². The standard InChI is InChI=1S/C50H29N5/c51-30-34-13-10-23-46-49(34)39-17-3-7-21-44(39)53(46)36-14-9-12-32(29-36)33-26-27-41(35(28-33)31-52)54-45-22-8-4-18-40(45)50-47(54)24-11-25-48(50)55-42-19-5-1-15-37(42)38-16-2-6-20-43(38)55/h1-29H. The molecule has 55 heavy (non-hydrogen) atoms. The zero-order valence-corrected chi connectivity index (χ0v) is 29.5. The lowest BCUT2D eigenvalue weighted by Crippen LogP contribution is -1.99. The van der Waals surface area contributed by atoms with Gasteiger partial charge in [0.25, 0.3) is 0 Å². The second-order valence-corrected chi connectivity index (χ2v) is 14.0. The van der Waals surface area contributed by atoms with Gasteiger partial charge in [0.2, 0.25) is 0 Å². The number of hydrogen-bond donors (Lipinski definition) is 0. The lowest BCUT2D eigenvalue weighted by atomic mass is 10.0. The number of nitriles is 2. The van der Waals surface area contributed by atoms with Crippen molar-refractivity contribution in [2.75, 3.05) is 0 Å². The molecule has 0 aliphatic carbocycles.